The molecule has 0 spiro atoms. The molecule has 30 heavy (non-hydrogen) atoms. The molecule has 0 radical (unpaired) electrons. The minimum Gasteiger partial charge on any atom is -0.359 e. The molecule has 1 atom stereocenters. The van der Waals surface area contributed by atoms with E-state index in [9.17, 15) is 0 Å². The van der Waals surface area contributed by atoms with Crippen molar-refractivity contribution in [3.8, 4) is 0 Å². The lowest BCUT2D eigenvalue weighted by Gasteiger charge is -2.40. The van der Waals surface area contributed by atoms with Gasteiger partial charge in [-0.2, -0.15) is 0 Å². The van der Waals surface area contributed by atoms with Crippen LogP contribution in [0, 0.1) is 0 Å². The van der Waals surface area contributed by atoms with Crippen LogP contribution in [0.1, 0.15) is 49.2 Å². The van der Waals surface area contributed by atoms with Crippen molar-refractivity contribution < 1.29 is 4.52 Å². The highest BCUT2D eigenvalue weighted by Crippen LogP contribution is 2.24. The summed E-state index contributed by atoms with van der Waals surface area (Å²) in [6.45, 7) is 10.0. The Morgan fingerprint density at radius 2 is 2.03 bits per heavy atom. The second-order valence-corrected chi connectivity index (χ2v) is 8.30. The number of rotatable bonds is 8. The molecule has 0 aliphatic carbocycles. The minimum absolute atomic E-state index is 0.370. The average molecular weight is 413 g/mol. The molecule has 1 saturated heterocycles. The maximum absolute atomic E-state index is 5.38. The fourth-order valence-electron chi connectivity index (χ4n) is 3.78. The van der Waals surface area contributed by atoms with Crippen LogP contribution in [0.15, 0.2) is 45.9 Å². The largest absolute Gasteiger partial charge is 0.359 e. The fraction of sp³-hybridized carbons (Fsp3) is 0.565. The normalized spacial score (nSPS) is 18.7. The van der Waals surface area contributed by atoms with Crippen molar-refractivity contribution in [1.82, 2.24) is 25.6 Å². The molecule has 2 N–H and O–H groups in total. The molecule has 1 aromatic heterocycles. The summed E-state index contributed by atoms with van der Waals surface area (Å²) in [6.07, 6.45) is 1.06. The average Bonchev–Trinajstić information content (AvgIpc) is 3.24. The van der Waals surface area contributed by atoms with Crippen LogP contribution in [0.3, 0.4) is 0 Å². The third-order valence-corrected chi connectivity index (χ3v) is 5.62. The molecule has 1 aliphatic rings. The summed E-state index contributed by atoms with van der Waals surface area (Å²) in [5, 5.41) is 10.8. The summed E-state index contributed by atoms with van der Waals surface area (Å²) < 4.78 is 5.38. The van der Waals surface area contributed by atoms with Gasteiger partial charge in [-0.05, 0) is 24.9 Å². The van der Waals surface area contributed by atoms with E-state index >= 15 is 0 Å². The van der Waals surface area contributed by atoms with E-state index in [1.54, 1.807) is 7.05 Å². The molecule has 1 fully saturated rings. The van der Waals surface area contributed by atoms with Crippen molar-refractivity contribution in [3.63, 3.8) is 0 Å². The first-order valence-electron chi connectivity index (χ1n) is 10.9. The molecule has 0 bridgehead atoms. The van der Waals surface area contributed by atoms with Gasteiger partial charge in [0.2, 0.25) is 0 Å². The van der Waals surface area contributed by atoms with E-state index in [1.807, 2.05) is 6.07 Å². The number of nitrogens with zero attached hydrogens (tertiary/aromatic N) is 4. The van der Waals surface area contributed by atoms with Crippen LogP contribution in [0.25, 0.3) is 0 Å². The summed E-state index contributed by atoms with van der Waals surface area (Å²) >= 11 is 0. The molecule has 164 valence electrons. The molecule has 7 nitrogen and oxygen atoms in total. The Kier molecular flexibility index (Phi) is 8.28. The Bertz CT molecular complexity index is 788. The van der Waals surface area contributed by atoms with Crippen LogP contribution in [0.2, 0.25) is 0 Å². The summed E-state index contributed by atoms with van der Waals surface area (Å²) in [5.41, 5.74) is 2.39. The third kappa shape index (κ3) is 6.31. The zero-order chi connectivity index (χ0) is 21.3. The maximum Gasteiger partial charge on any atom is 0.191 e. The molecular weight excluding hydrogens is 376 g/mol. The Morgan fingerprint density at radius 1 is 1.23 bits per heavy atom. The Morgan fingerprint density at radius 3 is 2.73 bits per heavy atom. The van der Waals surface area contributed by atoms with Crippen LogP contribution in [0.5, 0.6) is 0 Å². The van der Waals surface area contributed by atoms with Crippen molar-refractivity contribution in [1.29, 1.82) is 0 Å². The van der Waals surface area contributed by atoms with Gasteiger partial charge >= 0.3 is 0 Å². The predicted octanol–water partition coefficient (Wildman–Crippen LogP) is 2.84. The molecule has 2 heterocycles. The van der Waals surface area contributed by atoms with Gasteiger partial charge in [0.1, 0.15) is 0 Å². The fourth-order valence-corrected chi connectivity index (χ4v) is 3.78. The van der Waals surface area contributed by atoms with Crippen LogP contribution in [-0.4, -0.2) is 67.7 Å². The van der Waals surface area contributed by atoms with Gasteiger partial charge in [-0.15, -0.1) is 0 Å². The van der Waals surface area contributed by atoms with Gasteiger partial charge in [-0.25, -0.2) is 0 Å². The van der Waals surface area contributed by atoms with E-state index in [-0.39, 0.29) is 0 Å². The smallest absolute Gasteiger partial charge is 0.191 e. The lowest BCUT2D eigenvalue weighted by atomic mass is 10.0. The molecule has 1 unspecified atom stereocenters. The van der Waals surface area contributed by atoms with Crippen molar-refractivity contribution in [2.75, 3.05) is 46.8 Å². The van der Waals surface area contributed by atoms with Gasteiger partial charge in [0.25, 0.3) is 0 Å². The van der Waals surface area contributed by atoms with Gasteiger partial charge in [-0.3, -0.25) is 9.89 Å². The number of aliphatic imine (C=N–C) groups is 1. The molecule has 3 rings (SSSR count). The van der Waals surface area contributed by atoms with Gasteiger partial charge in [0, 0.05) is 51.9 Å². The lowest BCUT2D eigenvalue weighted by Crippen LogP contribution is -2.47. The van der Waals surface area contributed by atoms with Crippen molar-refractivity contribution in [3.05, 3.63) is 53.4 Å². The molecule has 7 heteroatoms. The number of piperazine rings is 1. The monoisotopic (exact) mass is 412 g/mol. The van der Waals surface area contributed by atoms with Crippen molar-refractivity contribution in [2.45, 2.75) is 38.8 Å². The van der Waals surface area contributed by atoms with Gasteiger partial charge < -0.3 is 20.1 Å². The highest BCUT2D eigenvalue weighted by atomic mass is 16.5. The number of likely N-dealkylation sites (N-methyl/N-ethyl adjacent to an activating group) is 1. The number of aromatic nitrogens is 1. The second kappa shape index (κ2) is 11.1. The van der Waals surface area contributed by atoms with E-state index in [1.165, 1.54) is 5.56 Å². The first-order valence-corrected chi connectivity index (χ1v) is 10.9. The summed E-state index contributed by atoms with van der Waals surface area (Å²) in [5.74, 6) is 1.98. The Hall–Kier alpha value is -2.38. The predicted molar refractivity (Wildman–Crippen MR) is 122 cm³/mol. The first-order chi connectivity index (χ1) is 14.6. The molecule has 2 aromatic rings. The van der Waals surface area contributed by atoms with Crippen LogP contribution in [0.4, 0.5) is 0 Å². The van der Waals surface area contributed by atoms with Crippen LogP contribution < -0.4 is 10.6 Å². The highest BCUT2D eigenvalue weighted by molar-refractivity contribution is 5.79. The maximum atomic E-state index is 5.38. The van der Waals surface area contributed by atoms with Crippen molar-refractivity contribution >= 4 is 5.96 Å². The quantitative estimate of drug-likeness (QED) is 0.395. The number of guanidine groups is 1. The van der Waals surface area contributed by atoms with Gasteiger partial charge in [0.15, 0.2) is 11.7 Å². The standard InChI is InChI=1S/C23H36N6O/c1-18(2)21-15-20(30-27-21)16-26-23(24-3)25-11-8-12-29-14-13-28(4)17-22(29)19-9-6-5-7-10-19/h5-7,9-10,15,18,22H,8,11-14,16-17H2,1-4H3,(H2,24,25,26). The second-order valence-electron chi connectivity index (χ2n) is 8.30. The molecule has 1 aromatic carbocycles. The van der Waals surface area contributed by atoms with Gasteiger partial charge in [-0.1, -0.05) is 49.3 Å². The topological polar surface area (TPSA) is 68.9 Å². The number of nitrogens with one attached hydrogen (secondary N) is 2. The molecular formula is C23H36N6O. The first kappa shape index (κ1) is 22.3. The zero-order valence-corrected chi connectivity index (χ0v) is 18.8. The minimum atomic E-state index is 0.370. The Balaban J connectivity index is 1.43. The van der Waals surface area contributed by atoms with E-state index < -0.39 is 0 Å². The van der Waals surface area contributed by atoms with Crippen molar-refractivity contribution in [2.24, 2.45) is 4.99 Å². The summed E-state index contributed by atoms with van der Waals surface area (Å²) in [4.78, 5) is 9.34. The van der Waals surface area contributed by atoms with Gasteiger partial charge in [0.05, 0.1) is 12.2 Å². The SMILES string of the molecule is CN=C(NCCCN1CCN(C)CC1c1ccccc1)NCc1cc(C(C)C)no1. The molecule has 0 saturated carbocycles. The molecule has 0 amide bonds. The summed E-state index contributed by atoms with van der Waals surface area (Å²) in [7, 11) is 4.00. The number of benzene rings is 1. The van der Waals surface area contributed by atoms with E-state index in [4.69, 9.17) is 4.52 Å². The highest BCUT2D eigenvalue weighted by Gasteiger charge is 2.25. The Labute approximate surface area is 180 Å². The number of hydrogen-bond acceptors (Lipinski definition) is 5. The van der Waals surface area contributed by atoms with E-state index in [2.05, 4.69) is 81.8 Å². The molecule has 1 aliphatic heterocycles. The third-order valence-electron chi connectivity index (χ3n) is 5.62. The van der Waals surface area contributed by atoms with Crippen LogP contribution in [-0.2, 0) is 6.54 Å². The van der Waals surface area contributed by atoms with E-state index in [0.717, 1.165) is 56.6 Å². The van der Waals surface area contributed by atoms with Crippen LogP contribution >= 0.6 is 0 Å². The zero-order valence-electron chi connectivity index (χ0n) is 18.8. The lowest BCUT2D eigenvalue weighted by molar-refractivity contribution is 0.0891. The number of hydrogen-bond donors (Lipinski definition) is 2. The summed E-state index contributed by atoms with van der Waals surface area (Å²) in [6, 6.07) is 13.3. The van der Waals surface area contributed by atoms with E-state index in [0.29, 0.717) is 18.5 Å².